The second kappa shape index (κ2) is 7.19. The van der Waals surface area contributed by atoms with Crippen LogP contribution in [-0.4, -0.2) is 42.8 Å². The highest BCUT2D eigenvalue weighted by molar-refractivity contribution is 8.18. The van der Waals surface area contributed by atoms with Gasteiger partial charge in [-0.05, 0) is 54.3 Å². The number of hydrogen-bond donors (Lipinski definition) is 0. The van der Waals surface area contributed by atoms with E-state index in [1.807, 2.05) is 30.4 Å². The number of amidine groups is 1. The Morgan fingerprint density at radius 2 is 2.31 bits per heavy atom. The van der Waals surface area contributed by atoms with Crippen LogP contribution in [0.4, 0.5) is 0 Å². The highest BCUT2D eigenvalue weighted by Gasteiger charge is 2.29. The first-order chi connectivity index (χ1) is 12.6. The lowest BCUT2D eigenvalue weighted by molar-refractivity contribution is -0.113. The van der Waals surface area contributed by atoms with Gasteiger partial charge in [-0.2, -0.15) is 4.99 Å². The van der Waals surface area contributed by atoms with Gasteiger partial charge in [0, 0.05) is 18.7 Å². The van der Waals surface area contributed by atoms with Gasteiger partial charge in [0.25, 0.3) is 5.91 Å². The molecule has 1 aromatic carbocycles. The van der Waals surface area contributed by atoms with Crippen LogP contribution in [0.5, 0.6) is 11.5 Å². The van der Waals surface area contributed by atoms with Crippen LogP contribution in [0.2, 0.25) is 0 Å². The van der Waals surface area contributed by atoms with Crippen LogP contribution in [0.3, 0.4) is 0 Å². The van der Waals surface area contributed by atoms with Crippen molar-refractivity contribution in [2.45, 2.75) is 19.8 Å². The molecule has 6 heteroatoms. The third kappa shape index (κ3) is 3.38. The van der Waals surface area contributed by atoms with Crippen LogP contribution in [0.25, 0.3) is 6.08 Å². The van der Waals surface area contributed by atoms with E-state index < -0.39 is 0 Å². The number of carbonyl (C=O) groups is 1. The molecular formula is C20H22N2O3S. The molecule has 1 saturated heterocycles. The molecule has 0 spiro atoms. The number of rotatable bonds is 2. The van der Waals surface area contributed by atoms with Crippen molar-refractivity contribution in [3.63, 3.8) is 0 Å². The molecule has 0 bridgehead atoms. The first kappa shape index (κ1) is 17.2. The summed E-state index contributed by atoms with van der Waals surface area (Å²) in [5, 5.41) is 0.840. The van der Waals surface area contributed by atoms with E-state index in [2.05, 4.69) is 16.8 Å². The van der Waals surface area contributed by atoms with Crippen molar-refractivity contribution in [3.8, 4) is 11.5 Å². The summed E-state index contributed by atoms with van der Waals surface area (Å²) >= 11 is 1.48. The smallest absolute Gasteiger partial charge is 0.286 e. The molecule has 4 rings (SSSR count). The molecule has 1 amide bonds. The Labute approximate surface area is 157 Å². The Hall–Kier alpha value is -2.21. The summed E-state index contributed by atoms with van der Waals surface area (Å²) in [6, 6.07) is 5.80. The number of likely N-dealkylation sites (tertiary alicyclic amines) is 1. The first-order valence-corrected chi connectivity index (χ1v) is 9.73. The SMILES string of the molecule is COc1cccc2c1OCC(/C=C1\SC(N3CCCC(C)C3)=NC1=O)=C2. The van der Waals surface area contributed by atoms with Crippen LogP contribution >= 0.6 is 11.8 Å². The minimum absolute atomic E-state index is 0.152. The molecule has 1 unspecified atom stereocenters. The van der Waals surface area contributed by atoms with Crippen molar-refractivity contribution >= 4 is 28.9 Å². The summed E-state index contributed by atoms with van der Waals surface area (Å²) in [7, 11) is 1.63. The number of aliphatic imine (C=N–C) groups is 1. The molecule has 136 valence electrons. The lowest BCUT2D eigenvalue weighted by Crippen LogP contribution is -2.37. The van der Waals surface area contributed by atoms with Crippen molar-refractivity contribution in [3.05, 3.63) is 40.3 Å². The predicted molar refractivity (Wildman–Crippen MR) is 105 cm³/mol. The quantitative estimate of drug-likeness (QED) is 0.743. The first-order valence-electron chi connectivity index (χ1n) is 8.92. The molecule has 3 heterocycles. The highest BCUT2D eigenvalue weighted by Crippen LogP contribution is 2.37. The number of amides is 1. The molecule has 1 atom stereocenters. The molecule has 5 nitrogen and oxygen atoms in total. The highest BCUT2D eigenvalue weighted by atomic mass is 32.2. The molecule has 0 aliphatic carbocycles. The Morgan fingerprint density at radius 1 is 1.42 bits per heavy atom. The molecule has 0 saturated carbocycles. The van der Waals surface area contributed by atoms with Crippen molar-refractivity contribution in [1.82, 2.24) is 4.90 Å². The topological polar surface area (TPSA) is 51.1 Å². The predicted octanol–water partition coefficient (Wildman–Crippen LogP) is 3.72. The molecule has 1 fully saturated rings. The fourth-order valence-corrected chi connectivity index (χ4v) is 4.47. The fraction of sp³-hybridized carbons (Fsp3) is 0.400. The lowest BCUT2D eigenvalue weighted by Gasteiger charge is -2.31. The number of fused-ring (bicyclic) bond motifs is 1. The summed E-state index contributed by atoms with van der Waals surface area (Å²) in [5.41, 5.74) is 1.92. The molecule has 3 aliphatic heterocycles. The minimum atomic E-state index is -0.152. The number of thioether (sulfide) groups is 1. The largest absolute Gasteiger partial charge is 0.493 e. The van der Waals surface area contributed by atoms with Crippen LogP contribution in [0, 0.1) is 5.92 Å². The zero-order valence-corrected chi connectivity index (χ0v) is 15.8. The Kier molecular flexibility index (Phi) is 4.76. The lowest BCUT2D eigenvalue weighted by atomic mass is 10.0. The molecule has 26 heavy (non-hydrogen) atoms. The summed E-state index contributed by atoms with van der Waals surface area (Å²) in [6.45, 7) is 4.63. The van der Waals surface area contributed by atoms with Gasteiger partial charge >= 0.3 is 0 Å². The van der Waals surface area contributed by atoms with Gasteiger partial charge < -0.3 is 14.4 Å². The standard InChI is InChI=1S/C20H22N2O3S/c1-13-5-4-8-22(11-13)20-21-19(23)17(26-20)10-14-9-15-6-3-7-16(24-2)18(15)25-12-14/h3,6-7,9-10,13H,4-5,8,11-12H2,1-2H3/b17-10-. The van der Waals surface area contributed by atoms with Gasteiger partial charge in [0.2, 0.25) is 0 Å². The van der Waals surface area contributed by atoms with Gasteiger partial charge in [-0.1, -0.05) is 19.1 Å². The number of benzene rings is 1. The molecule has 1 aromatic rings. The van der Waals surface area contributed by atoms with Gasteiger partial charge in [-0.25, -0.2) is 0 Å². The number of hydrogen-bond acceptors (Lipinski definition) is 5. The average Bonchev–Trinajstić information content (AvgIpc) is 3.01. The van der Waals surface area contributed by atoms with Gasteiger partial charge in [0.1, 0.15) is 6.61 Å². The van der Waals surface area contributed by atoms with E-state index in [0.29, 0.717) is 17.4 Å². The summed E-state index contributed by atoms with van der Waals surface area (Å²) in [4.78, 5) is 19.5. The van der Waals surface area contributed by atoms with E-state index in [1.165, 1.54) is 18.2 Å². The number of nitrogens with zero attached hydrogens (tertiary/aromatic N) is 2. The Balaban J connectivity index is 1.52. The maximum Gasteiger partial charge on any atom is 0.286 e. The van der Waals surface area contributed by atoms with Crippen molar-refractivity contribution in [1.29, 1.82) is 0 Å². The zero-order valence-electron chi connectivity index (χ0n) is 15.0. The van der Waals surface area contributed by atoms with Crippen LogP contribution in [-0.2, 0) is 4.79 Å². The second-order valence-electron chi connectivity index (χ2n) is 6.89. The van der Waals surface area contributed by atoms with E-state index >= 15 is 0 Å². The van der Waals surface area contributed by atoms with E-state index in [9.17, 15) is 4.79 Å². The maximum absolute atomic E-state index is 12.3. The van der Waals surface area contributed by atoms with E-state index in [0.717, 1.165) is 47.3 Å². The Bertz CT molecular complexity index is 828. The van der Waals surface area contributed by atoms with Crippen molar-refractivity contribution in [2.75, 3.05) is 26.8 Å². The summed E-state index contributed by atoms with van der Waals surface area (Å²) in [6.07, 6.45) is 6.35. The number of ether oxygens (including phenoxy) is 2. The molecule has 0 radical (unpaired) electrons. The number of carbonyl (C=O) groups excluding carboxylic acids is 1. The van der Waals surface area contributed by atoms with E-state index in [-0.39, 0.29) is 5.91 Å². The third-order valence-corrected chi connectivity index (χ3v) is 5.85. The third-order valence-electron chi connectivity index (χ3n) is 4.81. The van der Waals surface area contributed by atoms with Gasteiger partial charge in [-0.3, -0.25) is 4.79 Å². The Morgan fingerprint density at radius 3 is 3.12 bits per heavy atom. The molecule has 0 aromatic heterocycles. The summed E-state index contributed by atoms with van der Waals surface area (Å²) < 4.78 is 11.2. The molecular weight excluding hydrogens is 348 g/mol. The van der Waals surface area contributed by atoms with E-state index in [4.69, 9.17) is 9.47 Å². The summed E-state index contributed by atoms with van der Waals surface area (Å²) in [5.74, 6) is 1.97. The fourth-order valence-electron chi connectivity index (χ4n) is 3.51. The normalized spacial score (nSPS) is 24.1. The van der Waals surface area contributed by atoms with Gasteiger partial charge in [-0.15, -0.1) is 0 Å². The van der Waals surface area contributed by atoms with E-state index in [1.54, 1.807) is 7.11 Å². The number of methoxy groups -OCH3 is 1. The zero-order chi connectivity index (χ0) is 18.1. The average molecular weight is 370 g/mol. The minimum Gasteiger partial charge on any atom is -0.493 e. The monoisotopic (exact) mass is 370 g/mol. The molecule has 0 N–H and O–H groups in total. The van der Waals surface area contributed by atoms with Gasteiger partial charge in [0.05, 0.1) is 12.0 Å². The molecule has 3 aliphatic rings. The van der Waals surface area contributed by atoms with Crippen molar-refractivity contribution in [2.24, 2.45) is 10.9 Å². The second-order valence-corrected chi connectivity index (χ2v) is 7.90. The van der Waals surface area contributed by atoms with Gasteiger partial charge in [0.15, 0.2) is 16.7 Å². The number of piperidine rings is 1. The number of para-hydroxylation sites is 1. The van der Waals surface area contributed by atoms with Crippen LogP contribution in [0.15, 0.2) is 39.7 Å². The van der Waals surface area contributed by atoms with Crippen LogP contribution in [0.1, 0.15) is 25.3 Å². The van der Waals surface area contributed by atoms with Crippen molar-refractivity contribution < 1.29 is 14.3 Å². The van der Waals surface area contributed by atoms with Crippen LogP contribution < -0.4 is 9.47 Å². The maximum atomic E-state index is 12.3.